The van der Waals surface area contributed by atoms with Crippen LogP contribution in [0.15, 0.2) is 47.3 Å². The predicted octanol–water partition coefficient (Wildman–Crippen LogP) is 3.43. The largest absolute Gasteiger partial charge is 0.392 e. The number of aromatic nitrogens is 1. The number of carbonyl (C=O) groups excluding carboxylic acids is 1. The van der Waals surface area contributed by atoms with E-state index in [1.807, 2.05) is 36.0 Å². The second kappa shape index (κ2) is 8.53. The lowest BCUT2D eigenvalue weighted by molar-refractivity contribution is -0.125. The van der Waals surface area contributed by atoms with Crippen molar-refractivity contribution in [1.29, 1.82) is 0 Å². The second-order valence-electron chi connectivity index (χ2n) is 7.10. The number of nitrogens with one attached hydrogen (secondary N) is 1. The summed E-state index contributed by atoms with van der Waals surface area (Å²) in [5.74, 6) is -0.0181. The number of nitrogens with zero attached hydrogens (tertiary/aromatic N) is 2. The van der Waals surface area contributed by atoms with E-state index in [4.69, 9.17) is 0 Å². The summed E-state index contributed by atoms with van der Waals surface area (Å²) in [6, 6.07) is 12.0. The maximum atomic E-state index is 12.7. The van der Waals surface area contributed by atoms with E-state index >= 15 is 0 Å². The predicted molar refractivity (Wildman–Crippen MR) is 113 cm³/mol. The number of aliphatic hydroxyl groups is 1. The summed E-state index contributed by atoms with van der Waals surface area (Å²) in [5, 5.41) is 15.1. The third-order valence-electron chi connectivity index (χ3n) is 5.05. The van der Waals surface area contributed by atoms with Crippen LogP contribution in [0.1, 0.15) is 22.6 Å². The number of hydrogen-bond donors (Lipinski definition) is 2. The number of β-amino-alcohol motifs (C(OH)–C–C–N with tert-alkyl or cyclic N) is 1. The van der Waals surface area contributed by atoms with Crippen molar-refractivity contribution in [2.24, 2.45) is 0 Å². The van der Waals surface area contributed by atoms with Crippen LogP contribution in [-0.4, -0.2) is 39.6 Å². The molecule has 0 unspecified atom stereocenters. The lowest BCUT2D eigenvalue weighted by Crippen LogP contribution is -2.42. The first-order valence-corrected chi connectivity index (χ1v) is 11.1. The normalized spacial score (nSPS) is 19.8. The van der Waals surface area contributed by atoms with Crippen molar-refractivity contribution in [3.8, 4) is 10.4 Å². The molecular weight excluding hydrogens is 390 g/mol. The van der Waals surface area contributed by atoms with Gasteiger partial charge in [-0.05, 0) is 35.9 Å². The van der Waals surface area contributed by atoms with Crippen LogP contribution in [0.4, 0.5) is 0 Å². The van der Waals surface area contributed by atoms with E-state index in [0.717, 1.165) is 16.8 Å². The van der Waals surface area contributed by atoms with Gasteiger partial charge in [0.2, 0.25) is 5.91 Å². The molecule has 0 bridgehead atoms. The van der Waals surface area contributed by atoms with Crippen molar-refractivity contribution in [3.63, 3.8) is 0 Å². The van der Waals surface area contributed by atoms with Gasteiger partial charge < -0.3 is 10.4 Å². The molecule has 146 valence electrons. The summed E-state index contributed by atoms with van der Waals surface area (Å²) >= 11 is 3.31. The summed E-state index contributed by atoms with van der Waals surface area (Å²) < 4.78 is 0. The lowest BCUT2D eigenvalue weighted by Gasteiger charge is -2.22. The molecule has 1 aliphatic heterocycles. The minimum absolute atomic E-state index is 0.0181. The van der Waals surface area contributed by atoms with E-state index in [-0.39, 0.29) is 11.9 Å². The third-order valence-corrected chi connectivity index (χ3v) is 6.89. The topological polar surface area (TPSA) is 65.5 Å². The van der Waals surface area contributed by atoms with Crippen molar-refractivity contribution in [3.05, 3.63) is 63.4 Å². The molecule has 1 saturated heterocycles. The van der Waals surface area contributed by atoms with Gasteiger partial charge in [0.1, 0.15) is 0 Å². The van der Waals surface area contributed by atoms with E-state index in [0.29, 0.717) is 26.1 Å². The molecule has 7 heteroatoms. The highest BCUT2D eigenvalue weighted by Gasteiger charge is 2.35. The number of rotatable bonds is 6. The van der Waals surface area contributed by atoms with E-state index in [1.54, 1.807) is 22.7 Å². The molecule has 1 aromatic carbocycles. The first-order valence-electron chi connectivity index (χ1n) is 9.32. The molecule has 0 spiro atoms. The zero-order valence-electron chi connectivity index (χ0n) is 15.7. The first kappa shape index (κ1) is 19.3. The van der Waals surface area contributed by atoms with E-state index in [9.17, 15) is 9.90 Å². The maximum absolute atomic E-state index is 12.7. The highest BCUT2D eigenvalue weighted by Crippen LogP contribution is 2.27. The highest BCUT2D eigenvalue weighted by molar-refractivity contribution is 7.13. The lowest BCUT2D eigenvalue weighted by atomic mass is 10.1. The van der Waals surface area contributed by atoms with Gasteiger partial charge in [0.15, 0.2) is 0 Å². The van der Waals surface area contributed by atoms with Crippen LogP contribution in [-0.2, 0) is 17.9 Å². The molecule has 1 fully saturated rings. The number of benzene rings is 1. The Morgan fingerprint density at radius 1 is 1.29 bits per heavy atom. The Morgan fingerprint density at radius 2 is 2.11 bits per heavy atom. The molecule has 0 radical (unpaired) electrons. The Hall–Kier alpha value is -2.06. The standard InChI is InChI=1S/C21H23N3O2S2/c1-14-20(28-13-23-14)16-6-4-15(5-7-16)10-22-21(26)19-9-17(25)11-24(19)12-18-3-2-8-27-18/h2-8,13,17,19,25H,9-12H2,1H3,(H,22,26)/t17-,19+/m1/s1. The molecule has 5 nitrogen and oxygen atoms in total. The van der Waals surface area contributed by atoms with Crippen molar-refractivity contribution in [2.45, 2.75) is 38.6 Å². The third kappa shape index (κ3) is 4.33. The minimum atomic E-state index is -0.447. The Labute approximate surface area is 172 Å². The number of likely N-dealkylation sites (tertiary alicyclic amines) is 1. The molecule has 2 N–H and O–H groups in total. The first-order chi connectivity index (χ1) is 13.6. The number of carbonyl (C=O) groups is 1. The SMILES string of the molecule is Cc1ncsc1-c1ccc(CNC(=O)[C@@H]2C[C@@H](O)CN2Cc2cccs2)cc1. The van der Waals surface area contributed by atoms with Crippen LogP contribution >= 0.6 is 22.7 Å². The van der Waals surface area contributed by atoms with Crippen LogP contribution in [0.25, 0.3) is 10.4 Å². The molecule has 4 rings (SSSR count). The summed E-state index contributed by atoms with van der Waals surface area (Å²) in [5.41, 5.74) is 5.10. The second-order valence-corrected chi connectivity index (χ2v) is 8.98. The molecule has 0 saturated carbocycles. The number of thiophene rings is 1. The smallest absolute Gasteiger partial charge is 0.237 e. The number of aryl methyl sites for hydroxylation is 1. The molecule has 3 aromatic rings. The van der Waals surface area contributed by atoms with Crippen LogP contribution in [0.2, 0.25) is 0 Å². The summed E-state index contributed by atoms with van der Waals surface area (Å²) in [6.45, 7) is 3.74. The summed E-state index contributed by atoms with van der Waals surface area (Å²) in [4.78, 5) is 21.5. The van der Waals surface area contributed by atoms with Crippen molar-refractivity contribution >= 4 is 28.6 Å². The van der Waals surface area contributed by atoms with Crippen molar-refractivity contribution in [2.75, 3.05) is 6.54 Å². The van der Waals surface area contributed by atoms with Crippen molar-refractivity contribution in [1.82, 2.24) is 15.2 Å². The molecule has 1 aliphatic rings. The van der Waals surface area contributed by atoms with Gasteiger partial charge in [0, 0.05) is 24.5 Å². The monoisotopic (exact) mass is 413 g/mol. The van der Waals surface area contributed by atoms with Crippen LogP contribution < -0.4 is 5.32 Å². The van der Waals surface area contributed by atoms with Gasteiger partial charge in [-0.15, -0.1) is 22.7 Å². The average Bonchev–Trinajstić information content (AvgIpc) is 3.43. The van der Waals surface area contributed by atoms with Gasteiger partial charge in [-0.2, -0.15) is 0 Å². The molecular formula is C21H23N3O2S2. The van der Waals surface area contributed by atoms with Crippen LogP contribution in [0.3, 0.4) is 0 Å². The minimum Gasteiger partial charge on any atom is -0.392 e. The average molecular weight is 414 g/mol. The number of thiazole rings is 1. The molecule has 2 atom stereocenters. The fraction of sp³-hybridized carbons (Fsp3) is 0.333. The molecule has 28 heavy (non-hydrogen) atoms. The molecule has 2 aromatic heterocycles. The van der Waals surface area contributed by atoms with Gasteiger partial charge in [-0.1, -0.05) is 30.3 Å². The van der Waals surface area contributed by atoms with Crippen LogP contribution in [0.5, 0.6) is 0 Å². The van der Waals surface area contributed by atoms with Gasteiger partial charge in [-0.25, -0.2) is 4.98 Å². The van der Waals surface area contributed by atoms with Crippen molar-refractivity contribution < 1.29 is 9.90 Å². The number of hydrogen-bond acceptors (Lipinski definition) is 6. The van der Waals surface area contributed by atoms with Gasteiger partial charge >= 0.3 is 0 Å². The molecule has 0 aliphatic carbocycles. The highest BCUT2D eigenvalue weighted by atomic mass is 32.1. The van der Waals surface area contributed by atoms with E-state index in [1.165, 1.54) is 9.75 Å². The molecule has 3 heterocycles. The maximum Gasteiger partial charge on any atom is 0.237 e. The Balaban J connectivity index is 1.36. The number of aliphatic hydroxyl groups excluding tert-OH is 1. The fourth-order valence-electron chi connectivity index (χ4n) is 3.59. The zero-order valence-corrected chi connectivity index (χ0v) is 17.3. The van der Waals surface area contributed by atoms with E-state index in [2.05, 4.69) is 33.4 Å². The molecule has 1 amide bonds. The van der Waals surface area contributed by atoms with Gasteiger partial charge in [-0.3, -0.25) is 9.69 Å². The Kier molecular flexibility index (Phi) is 5.87. The van der Waals surface area contributed by atoms with Gasteiger partial charge in [0.25, 0.3) is 0 Å². The summed E-state index contributed by atoms with van der Waals surface area (Å²) in [7, 11) is 0. The Bertz CT molecular complexity index is 922. The van der Waals surface area contributed by atoms with Crippen LogP contribution in [0, 0.1) is 6.92 Å². The Morgan fingerprint density at radius 3 is 2.79 bits per heavy atom. The summed E-state index contributed by atoms with van der Waals surface area (Å²) in [6.07, 6.45) is 0.0403. The zero-order chi connectivity index (χ0) is 19.5. The van der Waals surface area contributed by atoms with Gasteiger partial charge in [0.05, 0.1) is 28.2 Å². The quantitative estimate of drug-likeness (QED) is 0.650. The fourth-order valence-corrected chi connectivity index (χ4v) is 5.13. The number of amides is 1. The van der Waals surface area contributed by atoms with E-state index < -0.39 is 6.10 Å².